The van der Waals surface area contributed by atoms with Crippen LogP contribution in [0.5, 0.6) is 0 Å². The molecule has 1 saturated carbocycles. The van der Waals surface area contributed by atoms with Crippen molar-refractivity contribution in [2.24, 2.45) is 5.41 Å². The van der Waals surface area contributed by atoms with Crippen LogP contribution in [0.15, 0.2) is 12.4 Å². The van der Waals surface area contributed by atoms with Crippen LogP contribution >= 0.6 is 0 Å². The minimum atomic E-state index is -0.821. The molecule has 1 aliphatic carbocycles. The summed E-state index contributed by atoms with van der Waals surface area (Å²) in [6.07, 6.45) is 7.39. The molecule has 0 aliphatic heterocycles. The van der Waals surface area contributed by atoms with Gasteiger partial charge in [-0.2, -0.15) is 5.10 Å². The molecule has 1 aromatic rings. The largest absolute Gasteiger partial charge is 0.481 e. The highest BCUT2D eigenvalue weighted by atomic mass is 16.4. The third kappa shape index (κ3) is 3.59. The number of carbonyl (C=O) groups is 2. The van der Waals surface area contributed by atoms with E-state index in [1.165, 1.54) is 0 Å². The lowest BCUT2D eigenvalue weighted by Gasteiger charge is -2.26. The predicted octanol–water partition coefficient (Wildman–Crippen LogP) is 2.27. The van der Waals surface area contributed by atoms with Gasteiger partial charge in [0.1, 0.15) is 0 Å². The second-order valence-corrected chi connectivity index (χ2v) is 5.59. The summed E-state index contributed by atoms with van der Waals surface area (Å²) in [6, 6.07) is 0. The summed E-state index contributed by atoms with van der Waals surface area (Å²) in [5.41, 5.74) is 0.303. The van der Waals surface area contributed by atoms with Gasteiger partial charge in [0.05, 0.1) is 18.3 Å². The van der Waals surface area contributed by atoms with Gasteiger partial charge in [0.15, 0.2) is 0 Å². The van der Waals surface area contributed by atoms with E-state index in [0.717, 1.165) is 32.2 Å². The van der Waals surface area contributed by atoms with Crippen LogP contribution in [0, 0.1) is 5.41 Å². The number of rotatable bonds is 6. The fraction of sp³-hybridized carbons (Fsp3) is 0.643. The van der Waals surface area contributed by atoms with E-state index in [4.69, 9.17) is 5.11 Å². The van der Waals surface area contributed by atoms with Gasteiger partial charge in [-0.25, -0.2) is 0 Å². The Hall–Kier alpha value is -1.85. The number of carbonyl (C=O) groups excluding carboxylic acids is 1. The lowest BCUT2D eigenvalue weighted by Crippen LogP contribution is -2.27. The monoisotopic (exact) mass is 279 g/mol. The molecule has 0 atom stereocenters. The molecule has 1 aromatic heterocycles. The maximum Gasteiger partial charge on any atom is 0.303 e. The molecule has 0 saturated heterocycles. The number of hydrogen-bond acceptors (Lipinski definition) is 3. The number of carboxylic acid groups (broad SMARTS) is 1. The number of nitrogens with zero attached hydrogens (tertiary/aromatic N) is 2. The van der Waals surface area contributed by atoms with Crippen molar-refractivity contribution in [1.82, 2.24) is 9.78 Å². The first-order valence-corrected chi connectivity index (χ1v) is 7.07. The number of aromatic nitrogens is 2. The molecular weight excluding hydrogens is 258 g/mol. The summed E-state index contributed by atoms with van der Waals surface area (Å²) in [6.45, 7) is 2.72. The predicted molar refractivity (Wildman–Crippen MR) is 74.3 cm³/mol. The summed E-state index contributed by atoms with van der Waals surface area (Å²) < 4.78 is 1.73. The number of amides is 1. The maximum atomic E-state index is 12.1. The summed E-state index contributed by atoms with van der Waals surface area (Å²) in [4.78, 5) is 23.1. The molecule has 1 amide bonds. The summed E-state index contributed by atoms with van der Waals surface area (Å²) >= 11 is 0. The second kappa shape index (κ2) is 6.07. The molecule has 6 heteroatoms. The van der Waals surface area contributed by atoms with Crippen molar-refractivity contribution in [2.75, 3.05) is 5.32 Å². The molecule has 1 heterocycles. The molecule has 0 unspecified atom stereocenters. The average molecular weight is 279 g/mol. The Labute approximate surface area is 118 Å². The minimum absolute atomic E-state index is 0.0780. The molecule has 1 fully saturated rings. The lowest BCUT2D eigenvalue weighted by atomic mass is 9.79. The zero-order valence-electron chi connectivity index (χ0n) is 11.8. The summed E-state index contributed by atoms with van der Waals surface area (Å²) in [5, 5.41) is 15.9. The van der Waals surface area contributed by atoms with E-state index in [2.05, 4.69) is 10.4 Å². The maximum absolute atomic E-state index is 12.1. The van der Waals surface area contributed by atoms with Gasteiger partial charge in [-0.15, -0.1) is 0 Å². The molecule has 1 aliphatic rings. The van der Waals surface area contributed by atoms with E-state index in [-0.39, 0.29) is 24.2 Å². The van der Waals surface area contributed by atoms with Gasteiger partial charge in [0.25, 0.3) is 0 Å². The first-order chi connectivity index (χ1) is 9.53. The number of nitrogens with one attached hydrogen (secondary N) is 1. The second-order valence-electron chi connectivity index (χ2n) is 5.59. The van der Waals surface area contributed by atoms with Crippen LogP contribution in [0.25, 0.3) is 0 Å². The molecule has 2 N–H and O–H groups in total. The highest BCUT2D eigenvalue weighted by Crippen LogP contribution is 2.44. The fourth-order valence-electron chi connectivity index (χ4n) is 3.01. The van der Waals surface area contributed by atoms with Crippen molar-refractivity contribution in [3.05, 3.63) is 12.4 Å². The van der Waals surface area contributed by atoms with Gasteiger partial charge >= 0.3 is 5.97 Å². The number of hydrogen-bond donors (Lipinski definition) is 2. The van der Waals surface area contributed by atoms with Gasteiger partial charge in [0, 0.05) is 19.2 Å². The van der Waals surface area contributed by atoms with Crippen LogP contribution in [-0.4, -0.2) is 26.8 Å². The molecule has 0 aromatic carbocycles. The first kappa shape index (κ1) is 14.6. The summed E-state index contributed by atoms with van der Waals surface area (Å²) in [5.74, 6) is -0.942. The standard InChI is InChI=1S/C14H21N3O3/c1-2-17-10-11(9-15-17)16-12(18)7-14(8-13(19)20)5-3-4-6-14/h9-10H,2-8H2,1H3,(H,16,18)(H,19,20). The quantitative estimate of drug-likeness (QED) is 0.836. The Morgan fingerprint density at radius 2 is 2.10 bits per heavy atom. The Kier molecular flexibility index (Phi) is 4.42. The Balaban J connectivity index is 1.96. The average Bonchev–Trinajstić information content (AvgIpc) is 2.98. The number of aryl methyl sites for hydroxylation is 1. The number of aliphatic carboxylic acids is 1. The van der Waals surface area contributed by atoms with Crippen molar-refractivity contribution in [3.63, 3.8) is 0 Å². The van der Waals surface area contributed by atoms with Gasteiger partial charge < -0.3 is 10.4 Å². The smallest absolute Gasteiger partial charge is 0.303 e. The van der Waals surface area contributed by atoms with Gasteiger partial charge in [-0.3, -0.25) is 14.3 Å². The Morgan fingerprint density at radius 3 is 2.65 bits per heavy atom. The van der Waals surface area contributed by atoms with Gasteiger partial charge in [-0.1, -0.05) is 12.8 Å². The van der Waals surface area contributed by atoms with Crippen LogP contribution < -0.4 is 5.32 Å². The van der Waals surface area contributed by atoms with E-state index >= 15 is 0 Å². The van der Waals surface area contributed by atoms with E-state index in [0.29, 0.717) is 5.69 Å². The zero-order chi connectivity index (χ0) is 14.6. The third-order valence-electron chi connectivity index (χ3n) is 3.97. The van der Waals surface area contributed by atoms with E-state index in [1.54, 1.807) is 17.1 Å². The summed E-state index contributed by atoms with van der Waals surface area (Å²) in [7, 11) is 0. The normalized spacial score (nSPS) is 17.1. The van der Waals surface area contributed by atoms with E-state index in [1.807, 2.05) is 6.92 Å². The van der Waals surface area contributed by atoms with Crippen LogP contribution in [0.3, 0.4) is 0 Å². The van der Waals surface area contributed by atoms with Crippen molar-refractivity contribution < 1.29 is 14.7 Å². The van der Waals surface area contributed by atoms with Crippen molar-refractivity contribution in [3.8, 4) is 0 Å². The SMILES string of the molecule is CCn1cc(NC(=O)CC2(CC(=O)O)CCCC2)cn1. The van der Waals surface area contributed by atoms with Gasteiger partial charge in [-0.05, 0) is 25.2 Å². The number of carboxylic acids is 1. The van der Waals surface area contributed by atoms with Crippen LogP contribution in [-0.2, 0) is 16.1 Å². The topological polar surface area (TPSA) is 84.2 Å². The molecule has 2 rings (SSSR count). The molecule has 6 nitrogen and oxygen atoms in total. The van der Waals surface area contributed by atoms with Crippen LogP contribution in [0.1, 0.15) is 45.4 Å². The van der Waals surface area contributed by atoms with Crippen molar-refractivity contribution >= 4 is 17.6 Å². The molecule has 20 heavy (non-hydrogen) atoms. The van der Waals surface area contributed by atoms with E-state index < -0.39 is 5.97 Å². The lowest BCUT2D eigenvalue weighted by molar-refractivity contribution is -0.140. The minimum Gasteiger partial charge on any atom is -0.481 e. The van der Waals surface area contributed by atoms with Crippen molar-refractivity contribution in [1.29, 1.82) is 0 Å². The van der Waals surface area contributed by atoms with Gasteiger partial charge in [0.2, 0.25) is 5.91 Å². The van der Waals surface area contributed by atoms with Crippen LogP contribution in [0.2, 0.25) is 0 Å². The number of anilines is 1. The molecule has 0 radical (unpaired) electrons. The fourth-order valence-corrected chi connectivity index (χ4v) is 3.01. The molecule has 110 valence electrons. The highest BCUT2D eigenvalue weighted by molar-refractivity contribution is 5.91. The third-order valence-corrected chi connectivity index (χ3v) is 3.97. The first-order valence-electron chi connectivity index (χ1n) is 7.07. The van der Waals surface area contributed by atoms with Crippen LogP contribution in [0.4, 0.5) is 5.69 Å². The van der Waals surface area contributed by atoms with E-state index in [9.17, 15) is 9.59 Å². The zero-order valence-corrected chi connectivity index (χ0v) is 11.8. The molecular formula is C14H21N3O3. The Morgan fingerprint density at radius 1 is 1.40 bits per heavy atom. The highest BCUT2D eigenvalue weighted by Gasteiger charge is 2.37. The van der Waals surface area contributed by atoms with Crippen molar-refractivity contribution in [2.45, 2.75) is 52.0 Å². The Bertz CT molecular complexity index is 490. The molecule has 0 spiro atoms. The molecule has 0 bridgehead atoms.